The Morgan fingerprint density at radius 1 is 1.45 bits per heavy atom. The van der Waals surface area contributed by atoms with Gasteiger partial charge in [0.05, 0.1) is 5.56 Å². The van der Waals surface area contributed by atoms with E-state index in [1.165, 1.54) is 17.3 Å². The van der Waals surface area contributed by atoms with Crippen molar-refractivity contribution in [3.05, 3.63) is 46.3 Å². The monoisotopic (exact) mass is 324 g/mol. The summed E-state index contributed by atoms with van der Waals surface area (Å²) >= 11 is 5.04. The van der Waals surface area contributed by atoms with E-state index in [1.54, 1.807) is 23.6 Å². The lowest BCUT2D eigenvalue weighted by molar-refractivity contribution is 0.0952. The smallest absolute Gasteiger partial charge is 0.254 e. The number of carbonyl (C=O) groups excluding carboxylic acids is 1. The number of nitrogens with zero attached hydrogens (tertiary/aromatic N) is 1. The Kier molecular flexibility index (Phi) is 6.42. The lowest BCUT2D eigenvalue weighted by atomic mass is 10.3. The van der Waals surface area contributed by atoms with Gasteiger partial charge in [-0.05, 0) is 40.8 Å². The molecule has 1 N–H and O–H groups in total. The quantitative estimate of drug-likeness (QED) is 0.625. The lowest BCUT2D eigenvalue weighted by Gasteiger charge is -2.07. The third-order valence-corrected chi connectivity index (χ3v) is 5.06. The van der Waals surface area contributed by atoms with Gasteiger partial charge in [0.2, 0.25) is 0 Å². The Labute approximate surface area is 131 Å². The van der Waals surface area contributed by atoms with Gasteiger partial charge in [0, 0.05) is 24.2 Å². The molecule has 0 radical (unpaired) electrons. The Hall–Kier alpha value is -0.980. The average molecular weight is 324 g/mol. The molecule has 0 atom stereocenters. The van der Waals surface area contributed by atoms with Crippen LogP contribution in [0.1, 0.15) is 15.9 Å². The summed E-state index contributed by atoms with van der Waals surface area (Å²) in [7, 11) is 0. The van der Waals surface area contributed by atoms with Gasteiger partial charge in [-0.2, -0.15) is 23.1 Å². The van der Waals surface area contributed by atoms with Crippen molar-refractivity contribution < 1.29 is 4.79 Å². The number of hydrogen-bond acceptors (Lipinski definition) is 5. The van der Waals surface area contributed by atoms with Gasteiger partial charge in [0.25, 0.3) is 5.91 Å². The third-order valence-electron chi connectivity index (χ3n) is 2.59. The number of aromatic nitrogens is 1. The standard InChI is InChI=1S/C14H16N2OS3/c1-18-14-12(3-2-5-16-14)13(17)15-6-8-20-10-11-4-7-19-9-11/h2-5,7,9H,6,8,10H2,1H3,(H,15,17). The van der Waals surface area contributed by atoms with Crippen LogP contribution in [-0.2, 0) is 5.75 Å². The second-order valence-corrected chi connectivity index (χ2v) is 6.68. The Morgan fingerprint density at radius 2 is 2.35 bits per heavy atom. The van der Waals surface area contributed by atoms with Crippen molar-refractivity contribution in [1.29, 1.82) is 0 Å². The zero-order chi connectivity index (χ0) is 14.2. The number of rotatable bonds is 7. The topological polar surface area (TPSA) is 42.0 Å². The molecule has 0 aliphatic rings. The molecule has 2 rings (SSSR count). The van der Waals surface area contributed by atoms with Crippen LogP contribution in [0.5, 0.6) is 0 Å². The molecule has 0 aliphatic heterocycles. The van der Waals surface area contributed by atoms with E-state index < -0.39 is 0 Å². The molecule has 2 heterocycles. The van der Waals surface area contributed by atoms with Crippen LogP contribution in [0.25, 0.3) is 0 Å². The first-order valence-electron chi connectivity index (χ1n) is 6.17. The molecule has 1 amide bonds. The highest BCUT2D eigenvalue weighted by Gasteiger charge is 2.10. The molecule has 0 aromatic carbocycles. The molecule has 0 saturated carbocycles. The number of thiophene rings is 1. The van der Waals surface area contributed by atoms with Gasteiger partial charge >= 0.3 is 0 Å². The van der Waals surface area contributed by atoms with Gasteiger partial charge < -0.3 is 5.32 Å². The van der Waals surface area contributed by atoms with Gasteiger partial charge in [-0.25, -0.2) is 4.98 Å². The van der Waals surface area contributed by atoms with Crippen LogP contribution < -0.4 is 5.32 Å². The molecular weight excluding hydrogens is 308 g/mol. The van der Waals surface area contributed by atoms with Crippen molar-refractivity contribution in [2.45, 2.75) is 10.8 Å². The molecule has 0 saturated heterocycles. The van der Waals surface area contributed by atoms with Gasteiger partial charge in [0.15, 0.2) is 0 Å². The van der Waals surface area contributed by atoms with Crippen LogP contribution in [0.2, 0.25) is 0 Å². The van der Waals surface area contributed by atoms with Crippen molar-refractivity contribution in [1.82, 2.24) is 10.3 Å². The summed E-state index contributed by atoms with van der Waals surface area (Å²) in [4.78, 5) is 16.2. The molecule has 6 heteroatoms. The van der Waals surface area contributed by atoms with E-state index in [0.29, 0.717) is 12.1 Å². The first-order valence-corrected chi connectivity index (χ1v) is 9.49. The number of thioether (sulfide) groups is 2. The van der Waals surface area contributed by atoms with E-state index in [9.17, 15) is 4.79 Å². The zero-order valence-electron chi connectivity index (χ0n) is 11.2. The molecule has 0 bridgehead atoms. The van der Waals surface area contributed by atoms with Crippen LogP contribution in [0, 0.1) is 0 Å². The van der Waals surface area contributed by atoms with E-state index >= 15 is 0 Å². The van der Waals surface area contributed by atoms with Crippen molar-refractivity contribution >= 4 is 40.8 Å². The van der Waals surface area contributed by atoms with Gasteiger partial charge in [-0.1, -0.05) is 0 Å². The molecule has 0 spiro atoms. The first-order chi connectivity index (χ1) is 9.81. The molecule has 2 aromatic heterocycles. The summed E-state index contributed by atoms with van der Waals surface area (Å²) in [6.07, 6.45) is 3.63. The summed E-state index contributed by atoms with van der Waals surface area (Å²) in [5, 5.41) is 7.96. The molecule has 0 unspecified atom stereocenters. The predicted molar refractivity (Wildman–Crippen MR) is 88.8 cm³/mol. The molecule has 0 aliphatic carbocycles. The third kappa shape index (κ3) is 4.54. The van der Waals surface area contributed by atoms with E-state index in [-0.39, 0.29) is 5.91 Å². The molecule has 106 valence electrons. The fourth-order valence-corrected chi connectivity index (χ4v) is 3.75. The van der Waals surface area contributed by atoms with Crippen LogP contribution >= 0.6 is 34.9 Å². The van der Waals surface area contributed by atoms with E-state index in [4.69, 9.17) is 0 Å². The van der Waals surface area contributed by atoms with E-state index in [2.05, 4.69) is 27.1 Å². The highest BCUT2D eigenvalue weighted by molar-refractivity contribution is 7.98. The SMILES string of the molecule is CSc1ncccc1C(=O)NCCSCc1ccsc1. The maximum atomic E-state index is 12.0. The first kappa shape index (κ1) is 15.4. The van der Waals surface area contributed by atoms with Crippen LogP contribution in [-0.4, -0.2) is 29.4 Å². The predicted octanol–water partition coefficient (Wildman–Crippen LogP) is 3.53. The normalized spacial score (nSPS) is 10.4. The number of carbonyl (C=O) groups is 1. The number of amides is 1. The second-order valence-electron chi connectivity index (χ2n) is 4.00. The van der Waals surface area contributed by atoms with Crippen molar-refractivity contribution in [3.8, 4) is 0 Å². The minimum atomic E-state index is -0.0430. The fraction of sp³-hybridized carbons (Fsp3) is 0.286. The highest BCUT2D eigenvalue weighted by Crippen LogP contribution is 2.17. The summed E-state index contributed by atoms with van der Waals surface area (Å²) in [6.45, 7) is 0.677. The number of nitrogens with one attached hydrogen (secondary N) is 1. The van der Waals surface area contributed by atoms with Crippen LogP contribution in [0.15, 0.2) is 40.2 Å². The maximum Gasteiger partial charge on any atom is 0.254 e. The largest absolute Gasteiger partial charge is 0.351 e. The molecule has 20 heavy (non-hydrogen) atoms. The van der Waals surface area contributed by atoms with Crippen LogP contribution in [0.3, 0.4) is 0 Å². The second kappa shape index (κ2) is 8.34. The Bertz CT molecular complexity index is 543. The number of hydrogen-bond donors (Lipinski definition) is 1. The van der Waals surface area contributed by atoms with E-state index in [0.717, 1.165) is 16.5 Å². The van der Waals surface area contributed by atoms with Crippen LogP contribution in [0.4, 0.5) is 0 Å². The fourth-order valence-electron chi connectivity index (χ4n) is 1.62. The minimum absolute atomic E-state index is 0.0430. The average Bonchev–Trinajstić information content (AvgIpc) is 3.00. The molecule has 0 fully saturated rings. The lowest BCUT2D eigenvalue weighted by Crippen LogP contribution is -2.26. The summed E-state index contributed by atoms with van der Waals surface area (Å²) in [5.74, 6) is 1.87. The summed E-state index contributed by atoms with van der Waals surface area (Å²) in [6, 6.07) is 5.74. The van der Waals surface area contributed by atoms with E-state index in [1.807, 2.05) is 24.1 Å². The Morgan fingerprint density at radius 3 is 3.10 bits per heavy atom. The number of pyridine rings is 1. The van der Waals surface area contributed by atoms with Gasteiger partial charge in [-0.15, -0.1) is 11.8 Å². The highest BCUT2D eigenvalue weighted by atomic mass is 32.2. The zero-order valence-corrected chi connectivity index (χ0v) is 13.6. The molecular formula is C14H16N2OS3. The minimum Gasteiger partial charge on any atom is -0.351 e. The van der Waals surface area contributed by atoms with Gasteiger partial charge in [0.1, 0.15) is 5.03 Å². The van der Waals surface area contributed by atoms with Crippen molar-refractivity contribution in [2.75, 3.05) is 18.6 Å². The molecule has 3 nitrogen and oxygen atoms in total. The van der Waals surface area contributed by atoms with Gasteiger partial charge in [-0.3, -0.25) is 4.79 Å². The Balaban J connectivity index is 1.72. The van der Waals surface area contributed by atoms with Crippen molar-refractivity contribution in [2.24, 2.45) is 0 Å². The maximum absolute atomic E-state index is 12.0. The van der Waals surface area contributed by atoms with Crippen molar-refractivity contribution in [3.63, 3.8) is 0 Å². The summed E-state index contributed by atoms with van der Waals surface area (Å²) in [5.41, 5.74) is 2.01. The molecule has 2 aromatic rings. The summed E-state index contributed by atoms with van der Waals surface area (Å²) < 4.78 is 0.